The number of imidazole rings is 1. The molecule has 4 rings (SSSR count). The van der Waals surface area contributed by atoms with Gasteiger partial charge in [0.15, 0.2) is 5.52 Å². The molecule has 1 fully saturated rings. The van der Waals surface area contributed by atoms with Crippen LogP contribution in [0.3, 0.4) is 0 Å². The van der Waals surface area contributed by atoms with Crippen molar-refractivity contribution in [2.75, 3.05) is 6.61 Å². The third-order valence-electron chi connectivity index (χ3n) is 6.22. The minimum absolute atomic E-state index is 0.0150. The summed E-state index contributed by atoms with van der Waals surface area (Å²) in [6, 6.07) is 3.28. The molecule has 12 heteroatoms. The zero-order valence-corrected chi connectivity index (χ0v) is 18.9. The van der Waals surface area contributed by atoms with E-state index in [-0.39, 0.29) is 30.7 Å². The van der Waals surface area contributed by atoms with E-state index < -0.39 is 47.3 Å². The van der Waals surface area contributed by atoms with Crippen LogP contribution in [0.2, 0.25) is 0 Å². The smallest absolute Gasteiger partial charge is 0.332 e. The van der Waals surface area contributed by atoms with E-state index in [1.54, 1.807) is 6.92 Å². The Kier molecular flexibility index (Phi) is 6.39. The quantitative estimate of drug-likeness (QED) is 0.418. The lowest BCUT2D eigenvalue weighted by Gasteiger charge is -2.38. The minimum Gasteiger partial charge on any atom is -0.388 e. The van der Waals surface area contributed by atoms with Crippen LogP contribution in [0.5, 0.6) is 0 Å². The highest BCUT2D eigenvalue weighted by molar-refractivity contribution is 5.79. The fourth-order valence-electron chi connectivity index (χ4n) is 4.23. The van der Waals surface area contributed by atoms with Crippen LogP contribution < -0.4 is 16.6 Å². The Morgan fingerprint density at radius 2 is 1.97 bits per heavy atom. The number of aromatic nitrogens is 4. The molecule has 1 aliphatic rings. The second-order valence-electron chi connectivity index (χ2n) is 8.55. The monoisotopic (exact) mass is 475 g/mol. The van der Waals surface area contributed by atoms with Crippen molar-refractivity contribution in [3.63, 3.8) is 0 Å². The standard InChI is InChI=1S/C22H26FN5O6/c1-11-6-13(23)5-4-12(11)7-16(29)25-14-9-34-15(19(31)18(14)30)8-28-10-24-17-20(28)26(2)22(33)27(3)21(17)32/h4-6,10,14-15,18-19,30-31H,7-9H2,1-3H3,(H,25,29)/t14-,15-,18+,19-/m1/s1. The molecule has 0 radical (unpaired) electrons. The molecule has 1 aromatic carbocycles. The summed E-state index contributed by atoms with van der Waals surface area (Å²) in [5, 5.41) is 23.9. The van der Waals surface area contributed by atoms with Crippen molar-refractivity contribution in [2.24, 2.45) is 14.1 Å². The molecule has 3 aromatic rings. The Morgan fingerprint density at radius 3 is 2.68 bits per heavy atom. The highest BCUT2D eigenvalue weighted by Crippen LogP contribution is 2.19. The molecule has 3 N–H and O–H groups in total. The molecule has 11 nitrogen and oxygen atoms in total. The van der Waals surface area contributed by atoms with E-state index in [1.807, 2.05) is 0 Å². The number of rotatable bonds is 5. The first-order chi connectivity index (χ1) is 16.1. The van der Waals surface area contributed by atoms with E-state index >= 15 is 0 Å². The van der Waals surface area contributed by atoms with Gasteiger partial charge in [0.25, 0.3) is 5.56 Å². The van der Waals surface area contributed by atoms with Crippen molar-refractivity contribution >= 4 is 17.1 Å². The lowest BCUT2D eigenvalue weighted by atomic mass is 9.97. The molecule has 0 saturated carbocycles. The molecule has 2 aromatic heterocycles. The Bertz CT molecular complexity index is 1360. The maximum Gasteiger partial charge on any atom is 0.332 e. The topological polar surface area (TPSA) is 141 Å². The van der Waals surface area contributed by atoms with Crippen LogP contribution in [0.25, 0.3) is 11.2 Å². The second kappa shape index (κ2) is 9.12. The highest BCUT2D eigenvalue weighted by atomic mass is 19.1. The van der Waals surface area contributed by atoms with Crippen molar-refractivity contribution in [1.82, 2.24) is 24.0 Å². The van der Waals surface area contributed by atoms with Crippen LogP contribution >= 0.6 is 0 Å². The number of carbonyl (C=O) groups excluding carboxylic acids is 1. The molecule has 1 aliphatic heterocycles. The number of nitrogens with zero attached hydrogens (tertiary/aromatic N) is 4. The van der Waals surface area contributed by atoms with Gasteiger partial charge in [-0.25, -0.2) is 14.2 Å². The van der Waals surface area contributed by atoms with Crippen molar-refractivity contribution < 1.29 is 24.1 Å². The fraction of sp³-hybridized carbons (Fsp3) is 0.455. The van der Waals surface area contributed by atoms with E-state index in [1.165, 1.54) is 47.8 Å². The molecule has 0 aliphatic carbocycles. The van der Waals surface area contributed by atoms with Crippen molar-refractivity contribution in [2.45, 2.75) is 44.2 Å². The third kappa shape index (κ3) is 4.27. The SMILES string of the molecule is Cc1cc(F)ccc1CC(=O)N[C@@H]1CO[C@H](Cn2cnc3c(=O)n(C)c(=O)n(C)c32)[C@@H](O)[C@H]1O. The number of aliphatic hydroxyl groups is 2. The number of ether oxygens (including phenoxy) is 1. The maximum absolute atomic E-state index is 13.3. The van der Waals surface area contributed by atoms with Gasteiger partial charge in [0.05, 0.1) is 31.9 Å². The summed E-state index contributed by atoms with van der Waals surface area (Å²) in [7, 11) is 2.86. The lowest BCUT2D eigenvalue weighted by molar-refractivity contribution is -0.158. The largest absolute Gasteiger partial charge is 0.388 e. The van der Waals surface area contributed by atoms with Crippen LogP contribution in [0.15, 0.2) is 34.1 Å². The molecule has 0 spiro atoms. The summed E-state index contributed by atoms with van der Waals surface area (Å²) in [6.45, 7) is 1.65. The zero-order chi connectivity index (χ0) is 24.7. The average Bonchev–Trinajstić information content (AvgIpc) is 3.21. The summed E-state index contributed by atoms with van der Waals surface area (Å²) in [4.78, 5) is 41.2. The summed E-state index contributed by atoms with van der Waals surface area (Å²) in [6.07, 6.45) is -2.19. The number of halogens is 1. The van der Waals surface area contributed by atoms with Crippen LogP contribution in [-0.2, 0) is 36.6 Å². The highest BCUT2D eigenvalue weighted by Gasteiger charge is 2.39. The molecule has 4 atom stereocenters. The number of carbonyl (C=O) groups is 1. The van der Waals surface area contributed by atoms with E-state index in [0.717, 1.165) is 4.57 Å². The molecule has 3 heterocycles. The van der Waals surface area contributed by atoms with Gasteiger partial charge in [0, 0.05) is 14.1 Å². The number of hydrogen-bond donors (Lipinski definition) is 3. The molecule has 0 bridgehead atoms. The van der Waals surface area contributed by atoms with Gasteiger partial charge < -0.3 is 24.8 Å². The lowest BCUT2D eigenvalue weighted by Crippen LogP contribution is -2.60. The van der Waals surface area contributed by atoms with Gasteiger partial charge in [-0.3, -0.25) is 18.7 Å². The van der Waals surface area contributed by atoms with E-state index in [0.29, 0.717) is 11.1 Å². The number of amides is 1. The van der Waals surface area contributed by atoms with E-state index in [4.69, 9.17) is 4.74 Å². The van der Waals surface area contributed by atoms with Crippen molar-refractivity contribution in [3.8, 4) is 0 Å². The van der Waals surface area contributed by atoms with Gasteiger partial charge >= 0.3 is 5.69 Å². The van der Waals surface area contributed by atoms with Crippen molar-refractivity contribution in [1.29, 1.82) is 0 Å². The Balaban J connectivity index is 1.45. The van der Waals surface area contributed by atoms with Crippen LogP contribution in [0, 0.1) is 12.7 Å². The molecule has 182 valence electrons. The summed E-state index contributed by atoms with van der Waals surface area (Å²) in [5.41, 5.74) is 0.574. The first kappa shape index (κ1) is 23.8. The molecule has 0 unspecified atom stereocenters. The predicted molar refractivity (Wildman–Crippen MR) is 119 cm³/mol. The van der Waals surface area contributed by atoms with Gasteiger partial charge in [-0.05, 0) is 30.2 Å². The van der Waals surface area contributed by atoms with Crippen LogP contribution in [-0.4, -0.2) is 65.8 Å². The third-order valence-corrected chi connectivity index (χ3v) is 6.22. The normalized spacial score (nSPS) is 22.8. The maximum atomic E-state index is 13.3. The Hall–Kier alpha value is -3.35. The number of benzene rings is 1. The van der Waals surface area contributed by atoms with Gasteiger partial charge in [-0.15, -0.1) is 0 Å². The second-order valence-corrected chi connectivity index (χ2v) is 8.55. The number of nitrogens with one attached hydrogen (secondary N) is 1. The number of fused-ring (bicyclic) bond motifs is 1. The first-order valence-electron chi connectivity index (χ1n) is 10.7. The number of aryl methyl sites for hydroxylation is 2. The Morgan fingerprint density at radius 1 is 1.24 bits per heavy atom. The predicted octanol–water partition coefficient (Wildman–Crippen LogP) is -1.27. The van der Waals surface area contributed by atoms with Crippen LogP contribution in [0.1, 0.15) is 11.1 Å². The molecule has 1 saturated heterocycles. The zero-order valence-electron chi connectivity index (χ0n) is 18.9. The fourth-order valence-corrected chi connectivity index (χ4v) is 4.23. The van der Waals surface area contributed by atoms with Gasteiger partial charge in [0.1, 0.15) is 29.8 Å². The van der Waals surface area contributed by atoms with E-state index in [9.17, 15) is 29.0 Å². The minimum atomic E-state index is -1.35. The number of hydrogen-bond acceptors (Lipinski definition) is 7. The number of aliphatic hydroxyl groups excluding tert-OH is 2. The van der Waals surface area contributed by atoms with E-state index in [2.05, 4.69) is 10.3 Å². The molecular weight excluding hydrogens is 449 g/mol. The van der Waals surface area contributed by atoms with Gasteiger partial charge in [-0.1, -0.05) is 6.07 Å². The van der Waals surface area contributed by atoms with Crippen LogP contribution in [0.4, 0.5) is 4.39 Å². The summed E-state index contributed by atoms with van der Waals surface area (Å²) >= 11 is 0. The van der Waals surface area contributed by atoms with Gasteiger partial charge in [-0.2, -0.15) is 0 Å². The summed E-state index contributed by atoms with van der Waals surface area (Å²) in [5.74, 6) is -0.794. The van der Waals surface area contributed by atoms with Crippen molar-refractivity contribution in [3.05, 3.63) is 62.3 Å². The average molecular weight is 475 g/mol. The molecular formula is C22H26FN5O6. The molecule has 34 heavy (non-hydrogen) atoms. The van der Waals surface area contributed by atoms with Gasteiger partial charge in [0.2, 0.25) is 5.91 Å². The molecule has 1 amide bonds. The summed E-state index contributed by atoms with van der Waals surface area (Å²) < 4.78 is 22.7. The first-order valence-corrected chi connectivity index (χ1v) is 10.7. The Labute approximate surface area is 193 Å².